The minimum Gasteiger partial charge on any atom is -0.321 e. The molecular weight excluding hydrogens is 276 g/mol. The minimum absolute atomic E-state index is 0.110. The van der Waals surface area contributed by atoms with Crippen LogP contribution in [0.2, 0.25) is 0 Å². The van der Waals surface area contributed by atoms with Crippen molar-refractivity contribution in [3.63, 3.8) is 0 Å². The van der Waals surface area contributed by atoms with Gasteiger partial charge in [0.1, 0.15) is 6.17 Å². The van der Waals surface area contributed by atoms with Crippen LogP contribution in [0.3, 0.4) is 0 Å². The highest BCUT2D eigenvalue weighted by Crippen LogP contribution is 2.26. The van der Waals surface area contributed by atoms with Gasteiger partial charge in [-0.2, -0.15) is 11.8 Å². The van der Waals surface area contributed by atoms with Crippen molar-refractivity contribution >= 4 is 29.0 Å². The third-order valence-corrected chi connectivity index (χ3v) is 5.01. The van der Waals surface area contributed by atoms with Crippen LogP contribution in [-0.4, -0.2) is 35.9 Å². The van der Waals surface area contributed by atoms with Crippen LogP contribution in [0.15, 0.2) is 17.5 Å². The zero-order valence-corrected chi connectivity index (χ0v) is 13.1. The third kappa shape index (κ3) is 4.23. The van der Waals surface area contributed by atoms with Gasteiger partial charge in [0.25, 0.3) is 0 Å². The first kappa shape index (κ1) is 14.9. The minimum atomic E-state index is 0.110. The van der Waals surface area contributed by atoms with Crippen LogP contribution >= 0.6 is 23.1 Å². The Morgan fingerprint density at radius 3 is 3.00 bits per heavy atom. The number of unbranched alkanes of at least 4 members (excludes halogenated alkanes) is 3. The van der Waals surface area contributed by atoms with E-state index in [-0.39, 0.29) is 12.1 Å². The molecule has 1 aromatic rings. The molecule has 0 radical (unpaired) electrons. The number of hydrogen-bond donors (Lipinski definition) is 1. The van der Waals surface area contributed by atoms with Gasteiger partial charge in [0.2, 0.25) is 5.91 Å². The Morgan fingerprint density at radius 2 is 2.26 bits per heavy atom. The summed E-state index contributed by atoms with van der Waals surface area (Å²) in [7, 11) is 0. The molecule has 1 unspecified atom stereocenters. The third-order valence-electron chi connectivity index (χ3n) is 3.39. The van der Waals surface area contributed by atoms with Gasteiger partial charge in [-0.3, -0.25) is 10.1 Å². The zero-order valence-electron chi connectivity index (χ0n) is 11.4. The van der Waals surface area contributed by atoms with Gasteiger partial charge in [0.15, 0.2) is 0 Å². The van der Waals surface area contributed by atoms with Crippen LogP contribution in [-0.2, 0) is 4.79 Å². The lowest BCUT2D eigenvalue weighted by molar-refractivity contribution is -0.128. The molecule has 0 aromatic carbocycles. The molecule has 1 fully saturated rings. The average Bonchev–Trinajstić information content (AvgIpc) is 3.04. The summed E-state index contributed by atoms with van der Waals surface area (Å²) in [5, 5.41) is 5.37. The lowest BCUT2D eigenvalue weighted by Crippen LogP contribution is -2.30. The molecule has 2 heterocycles. The number of thiophene rings is 1. The fourth-order valence-corrected chi connectivity index (χ4v) is 3.68. The van der Waals surface area contributed by atoms with Crippen molar-refractivity contribution < 1.29 is 4.79 Å². The van der Waals surface area contributed by atoms with Crippen molar-refractivity contribution in [3.05, 3.63) is 22.4 Å². The lowest BCUT2D eigenvalue weighted by Gasteiger charge is -2.23. The number of nitrogens with one attached hydrogen (secondary N) is 1. The molecule has 1 aromatic heterocycles. The summed E-state index contributed by atoms with van der Waals surface area (Å²) < 4.78 is 0. The Labute approximate surface area is 123 Å². The number of amides is 1. The Morgan fingerprint density at radius 1 is 1.42 bits per heavy atom. The second kappa shape index (κ2) is 7.92. The summed E-state index contributed by atoms with van der Waals surface area (Å²) in [5.41, 5.74) is 0. The standard InChI is InChI=1S/C14H22N2OS2/c1-18-9-5-3-2-4-8-16-13(17)11-15-14(16)12-7-6-10-19-12/h6-7,10,14-15H,2-5,8-9,11H2,1H3. The molecule has 0 spiro atoms. The molecule has 1 saturated heterocycles. The molecule has 1 N–H and O–H groups in total. The lowest BCUT2D eigenvalue weighted by atomic mass is 10.2. The Balaban J connectivity index is 1.75. The van der Waals surface area contributed by atoms with Crippen LogP contribution in [0.4, 0.5) is 0 Å². The zero-order chi connectivity index (χ0) is 13.5. The normalized spacial score (nSPS) is 19.3. The Bertz CT molecular complexity index is 381. The quantitative estimate of drug-likeness (QED) is 0.749. The van der Waals surface area contributed by atoms with Crippen molar-refractivity contribution in [3.8, 4) is 0 Å². The molecule has 5 heteroatoms. The number of rotatable bonds is 8. The molecular formula is C14H22N2OS2. The van der Waals surface area contributed by atoms with Crippen molar-refractivity contribution in [2.45, 2.75) is 31.8 Å². The molecule has 0 aliphatic carbocycles. The summed E-state index contributed by atoms with van der Waals surface area (Å²) in [6.07, 6.45) is 7.17. The highest BCUT2D eigenvalue weighted by molar-refractivity contribution is 7.98. The van der Waals surface area contributed by atoms with Crippen molar-refractivity contribution in [2.75, 3.05) is 25.1 Å². The van der Waals surface area contributed by atoms with Gasteiger partial charge < -0.3 is 4.90 Å². The molecule has 0 saturated carbocycles. The first-order chi connectivity index (χ1) is 9.33. The van der Waals surface area contributed by atoms with Gasteiger partial charge >= 0.3 is 0 Å². The van der Waals surface area contributed by atoms with Crippen molar-refractivity contribution in [2.24, 2.45) is 0 Å². The van der Waals surface area contributed by atoms with Crippen LogP contribution < -0.4 is 5.32 Å². The van der Waals surface area contributed by atoms with Crippen LogP contribution in [0.25, 0.3) is 0 Å². The van der Waals surface area contributed by atoms with Gasteiger partial charge in [-0.25, -0.2) is 0 Å². The van der Waals surface area contributed by atoms with E-state index in [4.69, 9.17) is 0 Å². The maximum atomic E-state index is 11.9. The summed E-state index contributed by atoms with van der Waals surface area (Å²) in [5.74, 6) is 1.49. The summed E-state index contributed by atoms with van der Waals surface area (Å²) in [4.78, 5) is 15.2. The number of thioether (sulfide) groups is 1. The maximum Gasteiger partial charge on any atom is 0.238 e. The summed E-state index contributed by atoms with van der Waals surface area (Å²) in [6, 6.07) is 4.15. The van der Waals surface area contributed by atoms with Gasteiger partial charge in [0.05, 0.1) is 6.54 Å². The molecule has 19 heavy (non-hydrogen) atoms. The van der Waals surface area contributed by atoms with Crippen molar-refractivity contribution in [1.29, 1.82) is 0 Å². The second-order valence-corrected chi connectivity index (χ2v) is 6.76. The fourth-order valence-electron chi connectivity index (χ4n) is 2.38. The number of carbonyl (C=O) groups excluding carboxylic acids is 1. The Kier molecular flexibility index (Phi) is 6.20. The first-order valence-electron chi connectivity index (χ1n) is 6.88. The predicted octanol–water partition coefficient (Wildman–Crippen LogP) is 3.10. The molecule has 2 rings (SSSR count). The molecule has 1 aliphatic rings. The van der Waals surface area contributed by atoms with Crippen LogP contribution in [0.5, 0.6) is 0 Å². The van der Waals surface area contributed by atoms with E-state index in [1.807, 2.05) is 22.7 Å². The highest BCUT2D eigenvalue weighted by Gasteiger charge is 2.31. The van der Waals surface area contributed by atoms with E-state index in [9.17, 15) is 4.79 Å². The van der Waals surface area contributed by atoms with Crippen LogP contribution in [0, 0.1) is 0 Å². The van der Waals surface area contributed by atoms with E-state index in [0.29, 0.717) is 6.54 Å². The molecule has 0 bridgehead atoms. The summed E-state index contributed by atoms with van der Waals surface area (Å²) in [6.45, 7) is 1.36. The molecule has 106 valence electrons. The highest BCUT2D eigenvalue weighted by atomic mass is 32.2. The van der Waals surface area contributed by atoms with E-state index >= 15 is 0 Å². The number of carbonyl (C=O) groups is 1. The van der Waals surface area contributed by atoms with Crippen molar-refractivity contribution in [1.82, 2.24) is 10.2 Å². The maximum absolute atomic E-state index is 11.9. The largest absolute Gasteiger partial charge is 0.321 e. The van der Waals surface area contributed by atoms with Gasteiger partial charge in [0, 0.05) is 11.4 Å². The van der Waals surface area contributed by atoms with E-state index in [1.54, 1.807) is 11.3 Å². The van der Waals surface area contributed by atoms with E-state index < -0.39 is 0 Å². The van der Waals surface area contributed by atoms with E-state index in [0.717, 1.165) is 13.0 Å². The molecule has 3 nitrogen and oxygen atoms in total. The summed E-state index contributed by atoms with van der Waals surface area (Å²) >= 11 is 3.63. The topological polar surface area (TPSA) is 32.3 Å². The molecule has 1 aliphatic heterocycles. The van der Waals surface area contributed by atoms with Gasteiger partial charge in [-0.1, -0.05) is 18.9 Å². The second-order valence-electron chi connectivity index (χ2n) is 4.79. The monoisotopic (exact) mass is 298 g/mol. The van der Waals surface area contributed by atoms with E-state index in [2.05, 4.69) is 23.0 Å². The van der Waals surface area contributed by atoms with E-state index in [1.165, 1.54) is 29.9 Å². The average molecular weight is 298 g/mol. The van der Waals surface area contributed by atoms with Gasteiger partial charge in [-0.15, -0.1) is 11.3 Å². The predicted molar refractivity (Wildman–Crippen MR) is 83.6 cm³/mol. The number of nitrogens with zero attached hydrogens (tertiary/aromatic N) is 1. The van der Waals surface area contributed by atoms with Crippen LogP contribution in [0.1, 0.15) is 36.7 Å². The van der Waals surface area contributed by atoms with Gasteiger partial charge in [-0.05, 0) is 36.3 Å². The molecule has 1 amide bonds. The SMILES string of the molecule is CSCCCCCCN1C(=O)CNC1c1cccs1. The molecule has 1 atom stereocenters. The Hall–Kier alpha value is -0.520. The fraction of sp³-hybridized carbons (Fsp3) is 0.643. The number of hydrogen-bond acceptors (Lipinski definition) is 4. The smallest absolute Gasteiger partial charge is 0.238 e. The first-order valence-corrected chi connectivity index (χ1v) is 9.15.